The van der Waals surface area contributed by atoms with Gasteiger partial charge in [0.1, 0.15) is 0 Å². The van der Waals surface area contributed by atoms with Crippen LogP contribution in [0.25, 0.3) is 6.08 Å². The van der Waals surface area contributed by atoms with Crippen LogP contribution in [0.1, 0.15) is 17.0 Å². The molecule has 0 spiro atoms. The monoisotopic (exact) mass is 306 g/mol. The van der Waals surface area contributed by atoms with Crippen molar-refractivity contribution in [3.8, 4) is 0 Å². The van der Waals surface area contributed by atoms with Crippen LogP contribution in [0.4, 0.5) is 0 Å². The molecule has 0 fully saturated rings. The van der Waals surface area contributed by atoms with Gasteiger partial charge in [-0.1, -0.05) is 24.3 Å². The topological polar surface area (TPSA) is 92.3 Å². The van der Waals surface area contributed by atoms with E-state index in [0.717, 1.165) is 11.1 Å². The van der Waals surface area contributed by atoms with Crippen LogP contribution in [0.15, 0.2) is 53.1 Å². The summed E-state index contributed by atoms with van der Waals surface area (Å²) in [5.41, 5.74) is 2.73. The maximum Gasteiger partial charge on any atom is 0.258 e. The van der Waals surface area contributed by atoms with Gasteiger partial charge in [-0.3, -0.25) is 29.8 Å². The molecule has 112 valence electrons. The summed E-state index contributed by atoms with van der Waals surface area (Å²) < 4.78 is 0. The van der Waals surface area contributed by atoms with E-state index in [1.165, 1.54) is 12.2 Å². The van der Waals surface area contributed by atoms with Crippen molar-refractivity contribution in [2.75, 3.05) is 0 Å². The van der Waals surface area contributed by atoms with Crippen molar-refractivity contribution in [3.05, 3.63) is 64.3 Å². The molecule has 1 unspecified atom stereocenters. The molecule has 6 heteroatoms. The lowest BCUT2D eigenvalue weighted by molar-refractivity contribution is -0.125. The van der Waals surface area contributed by atoms with Gasteiger partial charge < -0.3 is 0 Å². The highest BCUT2D eigenvalue weighted by molar-refractivity contribution is 6.21. The number of hydrogen-bond donors (Lipinski definition) is 2. The van der Waals surface area contributed by atoms with Gasteiger partial charge >= 0.3 is 0 Å². The lowest BCUT2D eigenvalue weighted by Crippen LogP contribution is -2.25. The van der Waals surface area contributed by atoms with Crippen molar-refractivity contribution in [1.29, 1.82) is 0 Å². The smallest absolute Gasteiger partial charge is 0.258 e. The Morgan fingerprint density at radius 1 is 0.739 bits per heavy atom. The second-order valence-corrected chi connectivity index (χ2v) is 5.46. The third-order valence-corrected chi connectivity index (χ3v) is 4.09. The van der Waals surface area contributed by atoms with Gasteiger partial charge in [0.15, 0.2) is 0 Å². The van der Waals surface area contributed by atoms with Gasteiger partial charge in [0.2, 0.25) is 0 Å². The van der Waals surface area contributed by atoms with E-state index in [4.69, 9.17) is 0 Å². The zero-order chi connectivity index (χ0) is 16.1. The summed E-state index contributed by atoms with van der Waals surface area (Å²) in [5, 5.41) is 4.42. The Balaban J connectivity index is 1.89. The first-order chi connectivity index (χ1) is 11.0. The molecule has 23 heavy (non-hydrogen) atoms. The molecule has 1 aromatic carbocycles. The van der Waals surface area contributed by atoms with Gasteiger partial charge in [-0.15, -0.1) is 0 Å². The number of carbonyl (C=O) groups excluding carboxylic acids is 4. The van der Waals surface area contributed by atoms with Gasteiger partial charge in [-0.05, 0) is 22.8 Å². The van der Waals surface area contributed by atoms with E-state index < -0.39 is 29.5 Å². The molecular weight excluding hydrogens is 296 g/mol. The minimum Gasteiger partial charge on any atom is -0.289 e. The normalized spacial score (nSPS) is 22.4. The predicted octanol–water partition coefficient (Wildman–Crippen LogP) is 0.333. The standard InChI is InChI=1S/C17H10N2O4/c20-13-6-11(16(22)18-13)10-5-8-3-1-2-4-9(8)15(10)12-7-14(21)19-17(12)23/h1-7,15H,(H,18,20,22)(H,19,21,23). The number of nitrogens with one attached hydrogen (secondary N) is 2. The summed E-state index contributed by atoms with van der Waals surface area (Å²) >= 11 is 0. The summed E-state index contributed by atoms with van der Waals surface area (Å²) in [7, 11) is 0. The number of imide groups is 2. The maximum atomic E-state index is 12.1. The molecule has 0 radical (unpaired) electrons. The van der Waals surface area contributed by atoms with E-state index in [2.05, 4.69) is 10.6 Å². The minimum atomic E-state index is -0.541. The van der Waals surface area contributed by atoms with Crippen molar-refractivity contribution >= 4 is 29.7 Å². The lowest BCUT2D eigenvalue weighted by Gasteiger charge is -2.17. The molecule has 2 N–H and O–H groups in total. The molecule has 0 aromatic heterocycles. The Hall–Kier alpha value is -3.28. The predicted molar refractivity (Wildman–Crippen MR) is 79.6 cm³/mol. The first kappa shape index (κ1) is 13.4. The van der Waals surface area contributed by atoms with Crippen molar-refractivity contribution in [2.45, 2.75) is 5.92 Å². The van der Waals surface area contributed by atoms with Crippen molar-refractivity contribution in [2.24, 2.45) is 0 Å². The molecular formula is C17H10N2O4. The van der Waals surface area contributed by atoms with Gasteiger partial charge in [0, 0.05) is 29.2 Å². The Labute approximate surface area is 130 Å². The number of fused-ring (bicyclic) bond motifs is 1. The molecule has 0 bridgehead atoms. The average Bonchev–Trinajstić information content (AvgIpc) is 3.13. The average molecular weight is 306 g/mol. The van der Waals surface area contributed by atoms with Crippen LogP contribution in [0, 0.1) is 0 Å². The summed E-state index contributed by atoms with van der Waals surface area (Å²) in [6.07, 6.45) is 4.25. The van der Waals surface area contributed by atoms with Crippen molar-refractivity contribution < 1.29 is 19.2 Å². The van der Waals surface area contributed by atoms with Crippen LogP contribution in [0.3, 0.4) is 0 Å². The summed E-state index contributed by atoms with van der Waals surface area (Å²) in [4.78, 5) is 47.0. The Morgan fingerprint density at radius 2 is 1.43 bits per heavy atom. The number of hydrogen-bond acceptors (Lipinski definition) is 4. The quantitative estimate of drug-likeness (QED) is 0.770. The van der Waals surface area contributed by atoms with E-state index in [9.17, 15) is 19.2 Å². The van der Waals surface area contributed by atoms with E-state index in [-0.39, 0.29) is 11.1 Å². The highest BCUT2D eigenvalue weighted by atomic mass is 16.2. The number of benzene rings is 1. The van der Waals surface area contributed by atoms with Crippen molar-refractivity contribution in [1.82, 2.24) is 10.6 Å². The Kier molecular flexibility index (Phi) is 2.68. The molecule has 0 saturated carbocycles. The summed E-state index contributed by atoms with van der Waals surface area (Å²) in [6.45, 7) is 0. The fraction of sp³-hybridized carbons (Fsp3) is 0.0588. The lowest BCUT2D eigenvalue weighted by atomic mass is 9.85. The van der Waals surface area contributed by atoms with Crippen LogP contribution >= 0.6 is 0 Å². The molecule has 1 atom stereocenters. The molecule has 2 heterocycles. The zero-order valence-electron chi connectivity index (χ0n) is 11.8. The van der Waals surface area contributed by atoms with Crippen LogP contribution in [0.5, 0.6) is 0 Å². The Bertz CT molecular complexity index is 905. The molecule has 1 aliphatic carbocycles. The first-order valence-corrected chi connectivity index (χ1v) is 6.99. The van der Waals surface area contributed by atoms with E-state index in [1.807, 2.05) is 24.3 Å². The minimum absolute atomic E-state index is 0.226. The largest absolute Gasteiger partial charge is 0.289 e. The Morgan fingerprint density at radius 3 is 2.09 bits per heavy atom. The van der Waals surface area contributed by atoms with Gasteiger partial charge in [-0.2, -0.15) is 0 Å². The third-order valence-electron chi connectivity index (χ3n) is 4.09. The van der Waals surface area contributed by atoms with E-state index >= 15 is 0 Å². The van der Waals surface area contributed by atoms with Gasteiger partial charge in [0.25, 0.3) is 23.6 Å². The summed E-state index contributed by atoms with van der Waals surface area (Å²) in [6, 6.07) is 7.37. The first-order valence-electron chi connectivity index (χ1n) is 6.99. The number of carbonyl (C=O) groups is 4. The highest BCUT2D eigenvalue weighted by Crippen LogP contribution is 2.45. The SMILES string of the molecule is O=C1C=C(C2=Cc3ccccc3C2C2=CC(=O)NC2=O)C(=O)N1. The zero-order valence-corrected chi connectivity index (χ0v) is 11.8. The van der Waals surface area contributed by atoms with Crippen LogP contribution in [0.2, 0.25) is 0 Å². The highest BCUT2D eigenvalue weighted by Gasteiger charge is 2.39. The molecule has 2 aliphatic heterocycles. The molecule has 6 nitrogen and oxygen atoms in total. The molecule has 3 aliphatic rings. The fourth-order valence-electron chi connectivity index (χ4n) is 3.16. The second kappa shape index (κ2) is 4.61. The van der Waals surface area contributed by atoms with Crippen molar-refractivity contribution in [3.63, 3.8) is 0 Å². The third kappa shape index (κ3) is 1.96. The van der Waals surface area contributed by atoms with Gasteiger partial charge in [-0.25, -0.2) is 0 Å². The fourth-order valence-corrected chi connectivity index (χ4v) is 3.16. The van der Waals surface area contributed by atoms with Crippen LogP contribution in [-0.2, 0) is 19.2 Å². The molecule has 4 rings (SSSR count). The van der Waals surface area contributed by atoms with Gasteiger partial charge in [0.05, 0.1) is 0 Å². The van der Waals surface area contributed by atoms with E-state index in [0.29, 0.717) is 5.57 Å². The number of amides is 4. The van der Waals surface area contributed by atoms with Crippen LogP contribution < -0.4 is 10.6 Å². The number of rotatable bonds is 2. The summed E-state index contributed by atoms with van der Waals surface area (Å²) in [5.74, 6) is -2.48. The molecule has 0 saturated heterocycles. The van der Waals surface area contributed by atoms with E-state index in [1.54, 1.807) is 6.08 Å². The maximum absolute atomic E-state index is 12.1. The van der Waals surface area contributed by atoms with Crippen LogP contribution in [-0.4, -0.2) is 23.6 Å². The molecule has 1 aromatic rings. The molecule has 4 amide bonds. The second-order valence-electron chi connectivity index (χ2n) is 5.46.